The van der Waals surface area contributed by atoms with E-state index in [0.717, 1.165) is 29.1 Å². The second kappa shape index (κ2) is 8.42. The first-order chi connectivity index (χ1) is 16.0. The Kier molecular flexibility index (Phi) is 5.29. The number of hydrogen-bond donors (Lipinski definition) is 2. The van der Waals surface area contributed by atoms with Gasteiger partial charge in [0.15, 0.2) is 5.84 Å². The van der Waals surface area contributed by atoms with Gasteiger partial charge in [-0.3, -0.25) is 4.79 Å². The number of hydrogen-bond acceptors (Lipinski definition) is 6. The van der Waals surface area contributed by atoms with Crippen LogP contribution in [0, 0.1) is 5.82 Å². The molecule has 8 nitrogen and oxygen atoms in total. The Hall–Kier alpha value is -4.14. The van der Waals surface area contributed by atoms with Crippen LogP contribution in [0.5, 0.6) is 11.5 Å². The number of carbonyl (C=O) groups excluding carboxylic acids is 1. The first kappa shape index (κ1) is 20.7. The number of hydrazone groups is 1. The van der Waals surface area contributed by atoms with Gasteiger partial charge in [0, 0.05) is 24.6 Å². The molecule has 3 N–H and O–H groups in total. The van der Waals surface area contributed by atoms with Gasteiger partial charge in [0.05, 0.1) is 17.9 Å². The fraction of sp³-hybridized carbons (Fsp3) is 0.208. The van der Waals surface area contributed by atoms with Crippen LogP contribution in [0.1, 0.15) is 29.3 Å². The molecule has 0 aliphatic carbocycles. The third-order valence-corrected chi connectivity index (χ3v) is 5.90. The summed E-state index contributed by atoms with van der Waals surface area (Å²) < 4.78 is 20.7. The van der Waals surface area contributed by atoms with Gasteiger partial charge in [-0.15, -0.1) is 0 Å². The second-order valence-electron chi connectivity index (χ2n) is 7.98. The first-order valence-electron chi connectivity index (χ1n) is 10.7. The minimum absolute atomic E-state index is 0.0678. The molecule has 0 unspecified atom stereocenters. The number of aromatic nitrogens is 2. The average Bonchev–Trinajstić information content (AvgIpc) is 3.47. The van der Waals surface area contributed by atoms with Crippen molar-refractivity contribution in [2.24, 2.45) is 10.8 Å². The molecule has 0 spiro atoms. The van der Waals surface area contributed by atoms with Gasteiger partial charge in [-0.2, -0.15) is 10.2 Å². The van der Waals surface area contributed by atoms with E-state index >= 15 is 0 Å². The van der Waals surface area contributed by atoms with Gasteiger partial charge in [-0.25, -0.2) is 9.07 Å². The second-order valence-corrected chi connectivity index (χ2v) is 7.98. The van der Waals surface area contributed by atoms with Crippen LogP contribution in [-0.4, -0.2) is 39.5 Å². The van der Waals surface area contributed by atoms with Crippen molar-refractivity contribution in [3.63, 3.8) is 0 Å². The quantitative estimate of drug-likeness (QED) is 0.587. The molecule has 168 valence electrons. The molecule has 2 aliphatic heterocycles. The van der Waals surface area contributed by atoms with E-state index in [0.29, 0.717) is 37.0 Å². The molecule has 5 rings (SSSR count). The minimum atomic E-state index is -0.315. The largest absolute Gasteiger partial charge is 0.457 e. The minimum Gasteiger partial charge on any atom is -0.457 e. The zero-order valence-corrected chi connectivity index (χ0v) is 17.9. The van der Waals surface area contributed by atoms with Gasteiger partial charge in [-0.05, 0) is 61.0 Å². The van der Waals surface area contributed by atoms with E-state index in [9.17, 15) is 9.18 Å². The monoisotopic (exact) mass is 446 g/mol. The highest BCUT2D eigenvalue weighted by molar-refractivity contribution is 5.98. The number of carbonyl (C=O) groups is 1. The standard InChI is InChI=1S/C24H23FN6O2/c1-2-21(32)30-12-11-15(14-30)22-20-13-27-28-24(26)23(20)31(29-22)17-5-9-19(10-6-17)33-18-7-3-16(25)4-8-18/h2-10,15,27H,1,11-14H2,(H2,26,28)/t15-/m1/s1. The lowest BCUT2D eigenvalue weighted by Gasteiger charge is -2.16. The Morgan fingerprint density at radius 3 is 2.58 bits per heavy atom. The Morgan fingerprint density at radius 1 is 1.18 bits per heavy atom. The topological polar surface area (TPSA) is 97.8 Å². The van der Waals surface area contributed by atoms with Gasteiger partial charge in [0.1, 0.15) is 23.0 Å². The van der Waals surface area contributed by atoms with Crippen LogP contribution in [-0.2, 0) is 11.3 Å². The van der Waals surface area contributed by atoms with Crippen LogP contribution >= 0.6 is 0 Å². The molecule has 1 saturated heterocycles. The summed E-state index contributed by atoms with van der Waals surface area (Å²) in [5.74, 6) is 1.25. The number of rotatable bonds is 5. The number of amidine groups is 1. The molecule has 0 radical (unpaired) electrons. The lowest BCUT2D eigenvalue weighted by atomic mass is 9.98. The van der Waals surface area contributed by atoms with Crippen molar-refractivity contribution in [2.45, 2.75) is 18.9 Å². The van der Waals surface area contributed by atoms with Crippen LogP contribution in [0.15, 0.2) is 66.3 Å². The number of benzene rings is 2. The summed E-state index contributed by atoms with van der Waals surface area (Å²) in [5, 5.41) is 9.09. The number of amides is 1. The lowest BCUT2D eigenvalue weighted by molar-refractivity contribution is -0.125. The molecule has 3 heterocycles. The zero-order valence-electron chi connectivity index (χ0n) is 17.9. The average molecular weight is 446 g/mol. The Balaban J connectivity index is 1.45. The normalized spacial score (nSPS) is 17.2. The molecule has 1 amide bonds. The van der Waals surface area contributed by atoms with Crippen molar-refractivity contribution >= 4 is 11.7 Å². The number of likely N-dealkylation sites (tertiary alicyclic amines) is 1. The highest BCUT2D eigenvalue weighted by Crippen LogP contribution is 2.33. The van der Waals surface area contributed by atoms with Gasteiger partial charge in [0.2, 0.25) is 5.91 Å². The van der Waals surface area contributed by atoms with Crippen LogP contribution < -0.4 is 15.9 Å². The highest BCUT2D eigenvalue weighted by atomic mass is 19.1. The summed E-state index contributed by atoms with van der Waals surface area (Å²) in [5.41, 5.74) is 12.7. The number of nitrogens with zero attached hydrogens (tertiary/aromatic N) is 4. The van der Waals surface area contributed by atoms with Gasteiger partial charge in [0.25, 0.3) is 0 Å². The number of halogens is 1. The third-order valence-electron chi connectivity index (χ3n) is 5.90. The molecule has 0 saturated carbocycles. The van der Waals surface area contributed by atoms with E-state index in [-0.39, 0.29) is 17.6 Å². The predicted octanol–water partition coefficient (Wildman–Crippen LogP) is 3.03. The summed E-state index contributed by atoms with van der Waals surface area (Å²) in [6, 6.07) is 13.3. The summed E-state index contributed by atoms with van der Waals surface area (Å²) in [6.45, 7) is 5.36. The van der Waals surface area contributed by atoms with Crippen molar-refractivity contribution < 1.29 is 13.9 Å². The molecule has 2 aliphatic rings. The highest BCUT2D eigenvalue weighted by Gasteiger charge is 2.33. The Labute approximate surface area is 190 Å². The SMILES string of the molecule is C=CC(=O)N1CC[C@@H](c2nn(-c3ccc(Oc4ccc(F)cc4)cc3)c3c2CNN=C3N)C1. The van der Waals surface area contributed by atoms with Gasteiger partial charge >= 0.3 is 0 Å². The molecule has 1 atom stereocenters. The number of ether oxygens (including phenoxy) is 1. The van der Waals surface area contributed by atoms with E-state index in [1.165, 1.54) is 18.2 Å². The summed E-state index contributed by atoms with van der Waals surface area (Å²) in [6.07, 6.45) is 2.17. The summed E-state index contributed by atoms with van der Waals surface area (Å²) >= 11 is 0. The summed E-state index contributed by atoms with van der Waals surface area (Å²) in [4.78, 5) is 13.8. The van der Waals surface area contributed by atoms with Crippen molar-refractivity contribution in [3.05, 3.63) is 84.0 Å². The number of nitrogens with one attached hydrogen (secondary N) is 1. The van der Waals surface area contributed by atoms with Crippen molar-refractivity contribution in [3.8, 4) is 17.2 Å². The molecule has 0 bridgehead atoms. The van der Waals surface area contributed by atoms with Crippen LogP contribution in [0.3, 0.4) is 0 Å². The molecule has 3 aromatic rings. The van der Waals surface area contributed by atoms with Gasteiger partial charge in [-0.1, -0.05) is 6.58 Å². The molecule has 9 heteroatoms. The summed E-state index contributed by atoms with van der Waals surface area (Å²) in [7, 11) is 0. The number of fused-ring (bicyclic) bond motifs is 1. The maximum atomic E-state index is 13.1. The molecular weight excluding hydrogens is 423 g/mol. The smallest absolute Gasteiger partial charge is 0.245 e. The maximum Gasteiger partial charge on any atom is 0.245 e. The molecule has 2 aromatic carbocycles. The van der Waals surface area contributed by atoms with E-state index in [1.807, 2.05) is 24.3 Å². The van der Waals surface area contributed by atoms with E-state index in [2.05, 4.69) is 17.1 Å². The molecular formula is C24H23FN6O2. The van der Waals surface area contributed by atoms with Crippen LogP contribution in [0.4, 0.5) is 4.39 Å². The predicted molar refractivity (Wildman–Crippen MR) is 122 cm³/mol. The van der Waals surface area contributed by atoms with Crippen LogP contribution in [0.25, 0.3) is 5.69 Å². The Bertz CT molecular complexity index is 1230. The third kappa shape index (κ3) is 3.93. The first-order valence-corrected chi connectivity index (χ1v) is 10.7. The molecule has 33 heavy (non-hydrogen) atoms. The van der Waals surface area contributed by atoms with Gasteiger partial charge < -0.3 is 20.8 Å². The van der Waals surface area contributed by atoms with E-state index in [4.69, 9.17) is 15.6 Å². The fourth-order valence-electron chi connectivity index (χ4n) is 4.28. The van der Waals surface area contributed by atoms with Crippen molar-refractivity contribution in [1.82, 2.24) is 20.1 Å². The van der Waals surface area contributed by atoms with Crippen LogP contribution in [0.2, 0.25) is 0 Å². The fourth-order valence-corrected chi connectivity index (χ4v) is 4.28. The Morgan fingerprint density at radius 2 is 1.88 bits per heavy atom. The molecule has 1 aromatic heterocycles. The maximum absolute atomic E-state index is 13.1. The lowest BCUT2D eigenvalue weighted by Crippen LogP contribution is -2.29. The number of nitrogens with two attached hydrogens (primary N) is 1. The van der Waals surface area contributed by atoms with Crippen molar-refractivity contribution in [1.29, 1.82) is 0 Å². The van der Waals surface area contributed by atoms with E-state index in [1.54, 1.807) is 21.7 Å². The zero-order chi connectivity index (χ0) is 22.9. The molecule has 1 fully saturated rings. The van der Waals surface area contributed by atoms with Crippen molar-refractivity contribution in [2.75, 3.05) is 13.1 Å². The van der Waals surface area contributed by atoms with E-state index < -0.39 is 0 Å².